The van der Waals surface area contributed by atoms with E-state index >= 15 is 0 Å². The lowest BCUT2D eigenvalue weighted by Gasteiger charge is -2.09. The molecule has 2 aromatic heterocycles. The summed E-state index contributed by atoms with van der Waals surface area (Å²) in [4.78, 5) is 16.9. The predicted octanol–water partition coefficient (Wildman–Crippen LogP) is 3.54. The van der Waals surface area contributed by atoms with Gasteiger partial charge in [0.25, 0.3) is 5.91 Å². The minimum absolute atomic E-state index is 0.179. The molecule has 0 atom stereocenters. The lowest BCUT2D eigenvalue weighted by atomic mass is 10.1. The highest BCUT2D eigenvalue weighted by atomic mass is 35.5. The van der Waals surface area contributed by atoms with E-state index in [9.17, 15) is 4.79 Å². The highest BCUT2D eigenvalue weighted by molar-refractivity contribution is 6.31. The molecule has 2 heterocycles. The van der Waals surface area contributed by atoms with Crippen molar-refractivity contribution in [2.75, 3.05) is 7.11 Å². The van der Waals surface area contributed by atoms with Crippen LogP contribution >= 0.6 is 11.6 Å². The minimum Gasteiger partial charge on any atom is -0.481 e. The van der Waals surface area contributed by atoms with Crippen LogP contribution in [0.15, 0.2) is 42.6 Å². The van der Waals surface area contributed by atoms with Gasteiger partial charge < -0.3 is 10.1 Å². The lowest BCUT2D eigenvalue weighted by Crippen LogP contribution is -2.24. The molecule has 0 aliphatic rings. The molecule has 0 saturated carbocycles. The maximum Gasteiger partial charge on any atom is 0.255 e. The van der Waals surface area contributed by atoms with Gasteiger partial charge in [-0.3, -0.25) is 9.48 Å². The van der Waals surface area contributed by atoms with Gasteiger partial charge in [-0.15, -0.1) is 0 Å². The molecule has 0 unspecified atom stereocenters. The third kappa shape index (κ3) is 4.11. The Morgan fingerprint density at radius 1 is 1.19 bits per heavy atom. The van der Waals surface area contributed by atoms with E-state index in [0.29, 0.717) is 35.2 Å². The number of nitrogens with one attached hydrogen (secondary N) is 1. The Labute approximate surface area is 163 Å². The number of ether oxygens (including phenoxy) is 1. The molecule has 27 heavy (non-hydrogen) atoms. The summed E-state index contributed by atoms with van der Waals surface area (Å²) >= 11 is 6.24. The van der Waals surface area contributed by atoms with Gasteiger partial charge in [0.05, 0.1) is 24.9 Å². The minimum atomic E-state index is -0.179. The van der Waals surface area contributed by atoms with Crippen LogP contribution in [0, 0.1) is 13.8 Å². The summed E-state index contributed by atoms with van der Waals surface area (Å²) in [5.41, 5.74) is 3.81. The average Bonchev–Trinajstić information content (AvgIpc) is 2.95. The van der Waals surface area contributed by atoms with Crippen molar-refractivity contribution in [3.63, 3.8) is 0 Å². The van der Waals surface area contributed by atoms with Crippen molar-refractivity contribution in [1.82, 2.24) is 20.1 Å². The first kappa shape index (κ1) is 18.9. The molecule has 0 aliphatic heterocycles. The number of aromatic nitrogens is 3. The SMILES string of the molecule is COc1ncccc1CNC(=O)c1c(C)nn(Cc2ccccc2Cl)c1C. The lowest BCUT2D eigenvalue weighted by molar-refractivity contribution is 0.0949. The van der Waals surface area contributed by atoms with Crippen LogP contribution in [0.5, 0.6) is 5.88 Å². The number of carbonyl (C=O) groups is 1. The zero-order valence-electron chi connectivity index (χ0n) is 15.5. The Bertz CT molecular complexity index is 968. The van der Waals surface area contributed by atoms with E-state index in [4.69, 9.17) is 16.3 Å². The molecule has 0 bridgehead atoms. The number of nitrogens with zero attached hydrogens (tertiary/aromatic N) is 3. The van der Waals surface area contributed by atoms with Gasteiger partial charge in [0, 0.05) is 29.0 Å². The van der Waals surface area contributed by atoms with Crippen LogP contribution in [0.4, 0.5) is 0 Å². The zero-order chi connectivity index (χ0) is 19.4. The van der Waals surface area contributed by atoms with E-state index < -0.39 is 0 Å². The first-order valence-corrected chi connectivity index (χ1v) is 8.92. The van der Waals surface area contributed by atoms with Crippen molar-refractivity contribution < 1.29 is 9.53 Å². The van der Waals surface area contributed by atoms with Crippen molar-refractivity contribution in [2.24, 2.45) is 0 Å². The fourth-order valence-electron chi connectivity index (χ4n) is 2.97. The maximum atomic E-state index is 12.7. The van der Waals surface area contributed by atoms with Crippen LogP contribution in [-0.2, 0) is 13.1 Å². The van der Waals surface area contributed by atoms with Gasteiger partial charge in [-0.25, -0.2) is 4.98 Å². The second-order valence-electron chi connectivity index (χ2n) is 6.15. The summed E-state index contributed by atoms with van der Waals surface area (Å²) in [6.07, 6.45) is 1.65. The van der Waals surface area contributed by atoms with Gasteiger partial charge in [0.2, 0.25) is 5.88 Å². The summed E-state index contributed by atoms with van der Waals surface area (Å²) in [6.45, 7) is 4.55. The van der Waals surface area contributed by atoms with Crippen molar-refractivity contribution in [3.05, 3.63) is 75.7 Å². The highest BCUT2D eigenvalue weighted by Crippen LogP contribution is 2.20. The molecule has 3 rings (SSSR count). The smallest absolute Gasteiger partial charge is 0.255 e. The van der Waals surface area contributed by atoms with Gasteiger partial charge >= 0.3 is 0 Å². The van der Waals surface area contributed by atoms with Crippen LogP contribution in [0.2, 0.25) is 5.02 Å². The molecule has 0 saturated heterocycles. The number of halogens is 1. The van der Waals surface area contributed by atoms with Crippen LogP contribution < -0.4 is 10.1 Å². The number of aryl methyl sites for hydroxylation is 1. The topological polar surface area (TPSA) is 69.0 Å². The van der Waals surface area contributed by atoms with E-state index in [1.807, 2.05) is 50.2 Å². The van der Waals surface area contributed by atoms with E-state index in [1.54, 1.807) is 18.0 Å². The number of amides is 1. The van der Waals surface area contributed by atoms with Crippen LogP contribution in [0.3, 0.4) is 0 Å². The number of benzene rings is 1. The monoisotopic (exact) mass is 384 g/mol. The van der Waals surface area contributed by atoms with Crippen molar-refractivity contribution >= 4 is 17.5 Å². The molecule has 1 aromatic carbocycles. The normalized spacial score (nSPS) is 10.7. The molecule has 0 fully saturated rings. The molecular formula is C20H21ClN4O2. The Morgan fingerprint density at radius 3 is 2.67 bits per heavy atom. The van der Waals surface area contributed by atoms with E-state index in [1.165, 1.54) is 0 Å². The molecular weight excluding hydrogens is 364 g/mol. The molecule has 0 radical (unpaired) electrons. The number of rotatable bonds is 6. The fraction of sp³-hybridized carbons (Fsp3) is 0.250. The molecule has 140 valence electrons. The van der Waals surface area contributed by atoms with Gasteiger partial charge in [0.1, 0.15) is 0 Å². The molecule has 1 N–H and O–H groups in total. The third-order valence-electron chi connectivity index (χ3n) is 4.37. The first-order valence-electron chi connectivity index (χ1n) is 8.54. The number of hydrogen-bond acceptors (Lipinski definition) is 4. The Morgan fingerprint density at radius 2 is 1.93 bits per heavy atom. The Balaban J connectivity index is 1.77. The summed E-state index contributed by atoms with van der Waals surface area (Å²) in [6, 6.07) is 11.3. The summed E-state index contributed by atoms with van der Waals surface area (Å²) in [7, 11) is 1.56. The molecule has 0 aliphatic carbocycles. The van der Waals surface area contributed by atoms with E-state index in [0.717, 1.165) is 16.8 Å². The van der Waals surface area contributed by atoms with Crippen LogP contribution in [0.1, 0.15) is 32.9 Å². The van der Waals surface area contributed by atoms with Crippen molar-refractivity contribution in [3.8, 4) is 5.88 Å². The predicted molar refractivity (Wildman–Crippen MR) is 104 cm³/mol. The van der Waals surface area contributed by atoms with Crippen LogP contribution in [0.25, 0.3) is 0 Å². The number of hydrogen-bond donors (Lipinski definition) is 1. The van der Waals surface area contributed by atoms with Crippen molar-refractivity contribution in [2.45, 2.75) is 26.9 Å². The van der Waals surface area contributed by atoms with Gasteiger partial charge in [-0.1, -0.05) is 35.9 Å². The number of methoxy groups -OCH3 is 1. The second-order valence-corrected chi connectivity index (χ2v) is 6.56. The van der Waals surface area contributed by atoms with Crippen molar-refractivity contribution in [1.29, 1.82) is 0 Å². The first-order chi connectivity index (χ1) is 13.0. The summed E-state index contributed by atoms with van der Waals surface area (Å²) in [5.74, 6) is 0.321. The van der Waals surface area contributed by atoms with E-state index in [-0.39, 0.29) is 5.91 Å². The molecule has 3 aromatic rings. The second kappa shape index (κ2) is 8.22. The Hall–Kier alpha value is -2.86. The third-order valence-corrected chi connectivity index (χ3v) is 4.74. The zero-order valence-corrected chi connectivity index (χ0v) is 16.2. The summed E-state index contributed by atoms with van der Waals surface area (Å²) in [5, 5.41) is 8.12. The fourth-order valence-corrected chi connectivity index (χ4v) is 3.17. The quantitative estimate of drug-likeness (QED) is 0.705. The number of pyridine rings is 1. The number of carbonyl (C=O) groups excluding carboxylic acids is 1. The largest absolute Gasteiger partial charge is 0.481 e. The molecule has 6 nitrogen and oxygen atoms in total. The average molecular weight is 385 g/mol. The molecule has 7 heteroatoms. The van der Waals surface area contributed by atoms with Crippen LogP contribution in [-0.4, -0.2) is 27.8 Å². The molecule has 0 spiro atoms. The summed E-state index contributed by atoms with van der Waals surface area (Å²) < 4.78 is 7.02. The van der Waals surface area contributed by atoms with Gasteiger partial charge in [-0.05, 0) is 31.5 Å². The maximum absolute atomic E-state index is 12.7. The van der Waals surface area contributed by atoms with E-state index in [2.05, 4.69) is 15.4 Å². The van der Waals surface area contributed by atoms with Gasteiger partial charge in [0.15, 0.2) is 0 Å². The highest BCUT2D eigenvalue weighted by Gasteiger charge is 2.19. The van der Waals surface area contributed by atoms with Gasteiger partial charge in [-0.2, -0.15) is 5.10 Å². The standard InChI is InChI=1S/C20H21ClN4O2/c1-13-18(19(26)23-11-15-8-6-10-22-20(15)27-3)14(2)25(24-13)12-16-7-4-5-9-17(16)21/h4-10H,11-12H2,1-3H3,(H,23,26). The Kier molecular flexibility index (Phi) is 5.76. The molecule has 1 amide bonds.